The number of carbonyl (C=O) groups excluding carboxylic acids is 2. The minimum Gasteiger partial charge on any atom is -0.456 e. The number of benzene rings is 3. The molecule has 27 heavy (non-hydrogen) atoms. The zero-order chi connectivity index (χ0) is 18.7. The quantitative estimate of drug-likeness (QED) is 0.303. The number of anilines is 1. The molecule has 7 heteroatoms. The predicted octanol–water partition coefficient (Wildman–Crippen LogP) is 4.29. The van der Waals surface area contributed by atoms with Crippen LogP contribution in [-0.2, 0) is 0 Å². The van der Waals surface area contributed by atoms with E-state index in [0.29, 0.717) is 16.9 Å². The third kappa shape index (κ3) is 2.02. The first kappa shape index (κ1) is 15.3. The molecule has 1 aliphatic rings. The smallest absolute Gasteiger partial charge is 0.283 e. The monoisotopic (exact) mass is 358 g/mol. The Morgan fingerprint density at radius 3 is 2.44 bits per heavy atom. The molecule has 130 valence electrons. The zero-order valence-corrected chi connectivity index (χ0v) is 13.7. The van der Waals surface area contributed by atoms with E-state index in [0.717, 1.165) is 15.7 Å². The Labute approximate surface area is 151 Å². The van der Waals surface area contributed by atoms with Crippen LogP contribution in [0.25, 0.3) is 21.9 Å². The lowest BCUT2D eigenvalue weighted by Crippen LogP contribution is -2.29. The molecule has 0 radical (unpaired) electrons. The fraction of sp³-hybridized carbons (Fsp3) is 0. The second kappa shape index (κ2) is 5.25. The van der Waals surface area contributed by atoms with Gasteiger partial charge in [0.05, 0.1) is 16.2 Å². The number of rotatable bonds is 2. The van der Waals surface area contributed by atoms with Gasteiger partial charge in [-0.25, -0.2) is 4.90 Å². The van der Waals surface area contributed by atoms with Crippen LogP contribution in [0.15, 0.2) is 65.1 Å². The maximum Gasteiger partial charge on any atom is 0.283 e. The van der Waals surface area contributed by atoms with Gasteiger partial charge in [-0.1, -0.05) is 24.3 Å². The molecule has 0 saturated heterocycles. The minimum absolute atomic E-state index is 0.0337. The molecule has 2 amide bonds. The summed E-state index contributed by atoms with van der Waals surface area (Å²) in [5.74, 6) is -1.28. The number of nitro groups is 1. The largest absolute Gasteiger partial charge is 0.456 e. The van der Waals surface area contributed by atoms with E-state index in [1.165, 1.54) is 18.2 Å². The summed E-state index contributed by atoms with van der Waals surface area (Å²) in [6, 6.07) is 16.5. The fourth-order valence-electron chi connectivity index (χ4n) is 3.51. The van der Waals surface area contributed by atoms with Gasteiger partial charge in [-0.05, 0) is 30.3 Å². The molecule has 3 aromatic carbocycles. The highest BCUT2D eigenvalue weighted by molar-refractivity contribution is 6.36. The third-order valence-corrected chi connectivity index (χ3v) is 4.71. The standard InChI is InChI=1S/C20H10N2O5/c23-19-13-5-3-6-15(22(25)26)18(13)20(24)21(19)11-8-9-17-14(10-11)12-4-1-2-7-16(12)27-17/h1-10H. The first-order valence-corrected chi connectivity index (χ1v) is 8.14. The number of imide groups is 1. The second-order valence-electron chi connectivity index (χ2n) is 6.18. The van der Waals surface area contributed by atoms with Gasteiger partial charge in [0, 0.05) is 16.8 Å². The van der Waals surface area contributed by atoms with Crippen molar-refractivity contribution in [3.63, 3.8) is 0 Å². The van der Waals surface area contributed by atoms with E-state index in [-0.39, 0.29) is 16.8 Å². The Kier molecular flexibility index (Phi) is 2.97. The molecule has 2 heterocycles. The van der Waals surface area contributed by atoms with Crippen LogP contribution < -0.4 is 4.90 Å². The molecule has 0 bridgehead atoms. The van der Waals surface area contributed by atoms with Crippen molar-refractivity contribution in [1.82, 2.24) is 0 Å². The Bertz CT molecular complexity index is 1300. The highest BCUT2D eigenvalue weighted by Gasteiger charge is 2.41. The Balaban J connectivity index is 1.70. The van der Waals surface area contributed by atoms with Crippen LogP contribution in [-0.4, -0.2) is 16.7 Å². The van der Waals surface area contributed by atoms with Gasteiger partial charge >= 0.3 is 0 Å². The van der Waals surface area contributed by atoms with Gasteiger partial charge in [-0.15, -0.1) is 0 Å². The van der Waals surface area contributed by atoms with Gasteiger partial charge in [0.15, 0.2) is 0 Å². The molecule has 0 aliphatic carbocycles. The summed E-state index contributed by atoms with van der Waals surface area (Å²) in [7, 11) is 0. The van der Waals surface area contributed by atoms with E-state index in [9.17, 15) is 19.7 Å². The van der Waals surface area contributed by atoms with E-state index in [1.54, 1.807) is 18.2 Å². The van der Waals surface area contributed by atoms with Crippen LogP contribution in [0.5, 0.6) is 0 Å². The molecule has 0 spiro atoms. The molecule has 7 nitrogen and oxygen atoms in total. The molecular weight excluding hydrogens is 348 g/mol. The van der Waals surface area contributed by atoms with Crippen molar-refractivity contribution in [3.8, 4) is 0 Å². The minimum atomic E-state index is -0.700. The van der Waals surface area contributed by atoms with Crippen LogP contribution >= 0.6 is 0 Å². The van der Waals surface area contributed by atoms with Crippen LogP contribution in [0.3, 0.4) is 0 Å². The molecule has 1 aromatic heterocycles. The molecular formula is C20H10N2O5. The number of hydrogen-bond donors (Lipinski definition) is 0. The SMILES string of the molecule is O=C1c2cccc([N+](=O)[O-])c2C(=O)N1c1ccc2oc3ccccc3c2c1. The van der Waals surface area contributed by atoms with E-state index in [4.69, 9.17) is 4.42 Å². The van der Waals surface area contributed by atoms with E-state index in [1.807, 2.05) is 24.3 Å². The van der Waals surface area contributed by atoms with Gasteiger partial charge < -0.3 is 4.42 Å². The Morgan fingerprint density at radius 1 is 0.852 bits per heavy atom. The number of fused-ring (bicyclic) bond motifs is 4. The zero-order valence-electron chi connectivity index (χ0n) is 13.7. The Morgan fingerprint density at radius 2 is 1.63 bits per heavy atom. The number of nitrogens with zero attached hydrogens (tertiary/aromatic N) is 2. The second-order valence-corrected chi connectivity index (χ2v) is 6.18. The summed E-state index contributed by atoms with van der Waals surface area (Å²) in [4.78, 5) is 37.2. The van der Waals surface area contributed by atoms with E-state index < -0.39 is 16.7 Å². The van der Waals surface area contributed by atoms with Crippen LogP contribution in [0, 0.1) is 10.1 Å². The van der Waals surface area contributed by atoms with Gasteiger partial charge in [-0.2, -0.15) is 0 Å². The van der Waals surface area contributed by atoms with Crippen molar-refractivity contribution >= 4 is 45.1 Å². The molecule has 4 aromatic rings. The van der Waals surface area contributed by atoms with Gasteiger partial charge in [0.1, 0.15) is 16.7 Å². The molecule has 5 rings (SSSR count). The van der Waals surface area contributed by atoms with Gasteiger partial charge in [-0.3, -0.25) is 19.7 Å². The summed E-state index contributed by atoms with van der Waals surface area (Å²) in [5, 5.41) is 12.9. The highest BCUT2D eigenvalue weighted by atomic mass is 16.6. The van der Waals surface area contributed by atoms with Gasteiger partial charge in [0.2, 0.25) is 0 Å². The van der Waals surface area contributed by atoms with Crippen molar-refractivity contribution in [2.45, 2.75) is 0 Å². The van der Waals surface area contributed by atoms with E-state index in [2.05, 4.69) is 0 Å². The third-order valence-electron chi connectivity index (χ3n) is 4.71. The summed E-state index contributed by atoms with van der Waals surface area (Å²) in [5.41, 5.74) is 1.15. The molecule has 0 atom stereocenters. The molecule has 0 saturated carbocycles. The maximum absolute atomic E-state index is 12.8. The molecule has 1 aliphatic heterocycles. The number of carbonyl (C=O) groups is 2. The first-order valence-electron chi connectivity index (χ1n) is 8.14. The summed E-state index contributed by atoms with van der Waals surface area (Å²) < 4.78 is 5.76. The number of hydrogen-bond acceptors (Lipinski definition) is 5. The maximum atomic E-state index is 12.8. The summed E-state index contributed by atoms with van der Waals surface area (Å²) in [6.45, 7) is 0. The number of furan rings is 1. The van der Waals surface area contributed by atoms with Crippen molar-refractivity contribution in [2.75, 3.05) is 4.90 Å². The number of para-hydroxylation sites is 1. The lowest BCUT2D eigenvalue weighted by atomic mass is 10.1. The lowest BCUT2D eigenvalue weighted by molar-refractivity contribution is -0.385. The van der Waals surface area contributed by atoms with Crippen molar-refractivity contribution in [3.05, 3.63) is 81.9 Å². The fourth-order valence-corrected chi connectivity index (χ4v) is 3.51. The Hall–Kier alpha value is -4.00. The summed E-state index contributed by atoms with van der Waals surface area (Å²) in [6.07, 6.45) is 0. The first-order chi connectivity index (χ1) is 13.1. The highest BCUT2D eigenvalue weighted by Crippen LogP contribution is 2.37. The van der Waals surface area contributed by atoms with Crippen LogP contribution in [0.1, 0.15) is 20.7 Å². The van der Waals surface area contributed by atoms with E-state index >= 15 is 0 Å². The average Bonchev–Trinajstić information content (AvgIpc) is 3.16. The molecule has 0 fully saturated rings. The topological polar surface area (TPSA) is 93.7 Å². The normalized spacial score (nSPS) is 13.6. The predicted molar refractivity (Wildman–Crippen MR) is 98.0 cm³/mol. The van der Waals surface area contributed by atoms with Crippen LogP contribution in [0.4, 0.5) is 11.4 Å². The van der Waals surface area contributed by atoms with Gasteiger partial charge in [0.25, 0.3) is 17.5 Å². The van der Waals surface area contributed by atoms with Crippen molar-refractivity contribution < 1.29 is 18.9 Å². The average molecular weight is 358 g/mol. The number of amides is 2. The summed E-state index contributed by atoms with van der Waals surface area (Å²) >= 11 is 0. The number of nitro benzene ring substituents is 1. The van der Waals surface area contributed by atoms with Crippen molar-refractivity contribution in [2.24, 2.45) is 0 Å². The lowest BCUT2D eigenvalue weighted by Gasteiger charge is -2.13. The van der Waals surface area contributed by atoms with Crippen LogP contribution in [0.2, 0.25) is 0 Å². The molecule has 0 N–H and O–H groups in total. The van der Waals surface area contributed by atoms with Crippen molar-refractivity contribution in [1.29, 1.82) is 0 Å². The molecule has 0 unspecified atom stereocenters.